The minimum atomic E-state index is 0.155. The van der Waals surface area contributed by atoms with E-state index in [0.717, 1.165) is 13.1 Å². The van der Waals surface area contributed by atoms with Gasteiger partial charge < -0.3 is 16.5 Å². The van der Waals surface area contributed by atoms with Crippen molar-refractivity contribution < 1.29 is 0 Å². The smallest absolute Gasteiger partial charge is 0.00597 e. The first-order valence-electron chi connectivity index (χ1n) is 4.14. The molecule has 11 heavy (non-hydrogen) atoms. The van der Waals surface area contributed by atoms with Crippen molar-refractivity contribution in [2.45, 2.75) is 33.2 Å². The van der Waals surface area contributed by atoms with E-state index in [1.165, 1.54) is 6.21 Å². The normalized spacial score (nSPS) is 11.3. The first kappa shape index (κ1) is 13.2. The zero-order valence-electron chi connectivity index (χ0n) is 7.85. The molecule has 3 nitrogen and oxygen atoms in total. The SMILES string of the molecule is CC(N)CC=N.CCNCC. The van der Waals surface area contributed by atoms with Crippen LogP contribution in [-0.2, 0) is 0 Å². The first-order chi connectivity index (χ1) is 5.18. The molecule has 0 amide bonds. The van der Waals surface area contributed by atoms with Crippen molar-refractivity contribution in [1.82, 2.24) is 5.32 Å². The van der Waals surface area contributed by atoms with Gasteiger partial charge in [-0.15, -0.1) is 0 Å². The van der Waals surface area contributed by atoms with Gasteiger partial charge in [0.25, 0.3) is 0 Å². The van der Waals surface area contributed by atoms with Crippen molar-refractivity contribution in [3.63, 3.8) is 0 Å². The lowest BCUT2D eigenvalue weighted by atomic mass is 10.3. The number of hydrogen-bond acceptors (Lipinski definition) is 3. The molecule has 0 heterocycles. The van der Waals surface area contributed by atoms with Gasteiger partial charge in [0.1, 0.15) is 0 Å². The molecule has 0 aromatic heterocycles. The molecule has 0 aliphatic carbocycles. The Morgan fingerprint density at radius 3 is 1.91 bits per heavy atom. The third-order valence-electron chi connectivity index (χ3n) is 0.990. The van der Waals surface area contributed by atoms with E-state index in [4.69, 9.17) is 11.1 Å². The Kier molecular flexibility index (Phi) is 14.7. The third-order valence-corrected chi connectivity index (χ3v) is 0.990. The Morgan fingerprint density at radius 1 is 1.45 bits per heavy atom. The molecule has 0 rings (SSSR count). The average Bonchev–Trinajstić information content (AvgIpc) is 1.90. The highest BCUT2D eigenvalue weighted by Gasteiger charge is 1.83. The average molecular weight is 159 g/mol. The molecule has 68 valence electrons. The second kappa shape index (κ2) is 12.3. The highest BCUT2D eigenvalue weighted by molar-refractivity contribution is 5.53. The standard InChI is InChI=1S/C4H10N2.C4H11N/c1-4(6)2-3-5;1-3-5-4-2/h3-5H,2,6H2,1H3;5H,3-4H2,1-2H3. The van der Waals surface area contributed by atoms with Crippen molar-refractivity contribution in [3.8, 4) is 0 Å². The maximum atomic E-state index is 6.53. The van der Waals surface area contributed by atoms with Gasteiger partial charge in [-0.3, -0.25) is 0 Å². The summed E-state index contributed by atoms with van der Waals surface area (Å²) in [5.74, 6) is 0. The van der Waals surface area contributed by atoms with Crippen molar-refractivity contribution in [2.24, 2.45) is 5.73 Å². The molecule has 0 aliphatic heterocycles. The van der Waals surface area contributed by atoms with Crippen LogP contribution in [0.2, 0.25) is 0 Å². The number of nitrogens with one attached hydrogen (secondary N) is 2. The molecular formula is C8H21N3. The van der Waals surface area contributed by atoms with Crippen LogP contribution in [0.5, 0.6) is 0 Å². The monoisotopic (exact) mass is 159 g/mol. The van der Waals surface area contributed by atoms with Crippen LogP contribution in [0.4, 0.5) is 0 Å². The third kappa shape index (κ3) is 26.2. The second-order valence-corrected chi connectivity index (χ2v) is 2.37. The van der Waals surface area contributed by atoms with Crippen LogP contribution in [0.1, 0.15) is 27.2 Å². The molecule has 1 unspecified atom stereocenters. The number of nitrogens with two attached hydrogens (primary N) is 1. The molecule has 0 aromatic rings. The van der Waals surface area contributed by atoms with Crippen molar-refractivity contribution in [3.05, 3.63) is 0 Å². The Balaban J connectivity index is 0. The van der Waals surface area contributed by atoms with Crippen LogP contribution in [0.25, 0.3) is 0 Å². The van der Waals surface area contributed by atoms with Crippen LogP contribution >= 0.6 is 0 Å². The predicted molar refractivity (Wildman–Crippen MR) is 51.3 cm³/mol. The van der Waals surface area contributed by atoms with Gasteiger partial charge in [-0.05, 0) is 32.6 Å². The Bertz CT molecular complexity index is 69.7. The summed E-state index contributed by atoms with van der Waals surface area (Å²) in [6.07, 6.45) is 2.02. The Morgan fingerprint density at radius 2 is 1.91 bits per heavy atom. The molecule has 0 saturated carbocycles. The maximum Gasteiger partial charge on any atom is 0.00597 e. The summed E-state index contributed by atoms with van der Waals surface area (Å²) >= 11 is 0. The van der Waals surface area contributed by atoms with Gasteiger partial charge >= 0.3 is 0 Å². The van der Waals surface area contributed by atoms with E-state index in [-0.39, 0.29) is 6.04 Å². The zero-order valence-corrected chi connectivity index (χ0v) is 7.85. The molecular weight excluding hydrogens is 138 g/mol. The summed E-state index contributed by atoms with van der Waals surface area (Å²) in [7, 11) is 0. The Labute approximate surface area is 69.9 Å². The highest BCUT2D eigenvalue weighted by atomic mass is 14.8. The van der Waals surface area contributed by atoms with E-state index >= 15 is 0 Å². The quantitative estimate of drug-likeness (QED) is 0.536. The van der Waals surface area contributed by atoms with E-state index in [9.17, 15) is 0 Å². The molecule has 3 heteroatoms. The van der Waals surface area contributed by atoms with Gasteiger partial charge in [0.2, 0.25) is 0 Å². The predicted octanol–water partition coefficient (Wildman–Crippen LogP) is 0.989. The largest absolute Gasteiger partial charge is 0.328 e. The molecule has 1 atom stereocenters. The van der Waals surface area contributed by atoms with Crippen molar-refractivity contribution >= 4 is 6.21 Å². The van der Waals surface area contributed by atoms with E-state index in [1.54, 1.807) is 0 Å². The fraction of sp³-hybridized carbons (Fsp3) is 0.875. The molecule has 0 radical (unpaired) electrons. The van der Waals surface area contributed by atoms with Crippen LogP contribution in [0, 0.1) is 5.41 Å². The van der Waals surface area contributed by atoms with E-state index < -0.39 is 0 Å². The highest BCUT2D eigenvalue weighted by Crippen LogP contribution is 1.75. The summed E-state index contributed by atoms with van der Waals surface area (Å²) < 4.78 is 0. The van der Waals surface area contributed by atoms with Crippen molar-refractivity contribution in [2.75, 3.05) is 13.1 Å². The van der Waals surface area contributed by atoms with Crippen LogP contribution in [-0.4, -0.2) is 25.3 Å². The molecule has 0 fully saturated rings. The van der Waals surface area contributed by atoms with Gasteiger partial charge in [0.15, 0.2) is 0 Å². The molecule has 0 aromatic carbocycles. The van der Waals surface area contributed by atoms with Gasteiger partial charge in [-0.1, -0.05) is 13.8 Å². The second-order valence-electron chi connectivity index (χ2n) is 2.37. The number of rotatable bonds is 4. The fourth-order valence-corrected chi connectivity index (χ4v) is 0.436. The molecule has 0 bridgehead atoms. The zero-order chi connectivity index (χ0) is 9.11. The van der Waals surface area contributed by atoms with Crippen LogP contribution < -0.4 is 11.1 Å². The lowest BCUT2D eigenvalue weighted by Gasteiger charge is -1.92. The van der Waals surface area contributed by atoms with E-state index in [2.05, 4.69) is 19.2 Å². The molecule has 0 spiro atoms. The molecule has 0 saturated heterocycles. The lowest BCUT2D eigenvalue weighted by Crippen LogP contribution is -2.14. The van der Waals surface area contributed by atoms with Crippen LogP contribution in [0.3, 0.4) is 0 Å². The van der Waals surface area contributed by atoms with Crippen LogP contribution in [0.15, 0.2) is 0 Å². The minimum absolute atomic E-state index is 0.155. The molecule has 4 N–H and O–H groups in total. The summed E-state index contributed by atoms with van der Waals surface area (Å²) in [6.45, 7) is 8.27. The van der Waals surface area contributed by atoms with Gasteiger partial charge in [-0.2, -0.15) is 0 Å². The summed E-state index contributed by atoms with van der Waals surface area (Å²) in [5.41, 5.74) is 5.25. The first-order valence-corrected chi connectivity index (χ1v) is 4.14. The van der Waals surface area contributed by atoms with E-state index in [0.29, 0.717) is 6.42 Å². The lowest BCUT2D eigenvalue weighted by molar-refractivity contribution is 0.762. The summed E-state index contributed by atoms with van der Waals surface area (Å²) in [5, 5.41) is 9.64. The summed E-state index contributed by atoms with van der Waals surface area (Å²) in [6, 6.07) is 0.155. The maximum absolute atomic E-state index is 6.53. The minimum Gasteiger partial charge on any atom is -0.328 e. The topological polar surface area (TPSA) is 61.9 Å². The summed E-state index contributed by atoms with van der Waals surface area (Å²) in [4.78, 5) is 0. The Hall–Kier alpha value is -0.410. The fourth-order valence-electron chi connectivity index (χ4n) is 0.436. The van der Waals surface area contributed by atoms with Crippen molar-refractivity contribution in [1.29, 1.82) is 5.41 Å². The van der Waals surface area contributed by atoms with E-state index in [1.807, 2.05) is 6.92 Å². The van der Waals surface area contributed by atoms with Gasteiger partial charge in [-0.25, -0.2) is 0 Å². The van der Waals surface area contributed by atoms with Gasteiger partial charge in [0, 0.05) is 6.04 Å². The number of hydrogen-bond donors (Lipinski definition) is 3. The van der Waals surface area contributed by atoms with Gasteiger partial charge in [0.05, 0.1) is 0 Å². The molecule has 0 aliphatic rings.